The van der Waals surface area contributed by atoms with E-state index in [1.54, 1.807) is 7.11 Å². The van der Waals surface area contributed by atoms with Crippen molar-refractivity contribution in [2.45, 2.75) is 19.6 Å². The molecule has 108 valence electrons. The molecule has 0 aliphatic heterocycles. The maximum Gasteiger partial charge on any atom is 0.129 e. The van der Waals surface area contributed by atoms with Gasteiger partial charge < -0.3 is 4.74 Å². The Morgan fingerprint density at radius 2 is 1.71 bits per heavy atom. The minimum atomic E-state index is -1.44. The Kier molecular flexibility index (Phi) is 4.77. The highest BCUT2D eigenvalue weighted by Crippen LogP contribution is 2.33. The lowest BCUT2D eigenvalue weighted by Gasteiger charge is -2.11. The Morgan fingerprint density at radius 1 is 1.00 bits per heavy atom. The van der Waals surface area contributed by atoms with Crippen LogP contribution in [0.15, 0.2) is 42.5 Å². The zero-order valence-electron chi connectivity index (χ0n) is 12.8. The zero-order valence-corrected chi connectivity index (χ0v) is 14.6. The van der Waals surface area contributed by atoms with Crippen molar-refractivity contribution in [3.63, 3.8) is 0 Å². The van der Waals surface area contributed by atoms with Crippen LogP contribution in [0.4, 0.5) is 0 Å². The van der Waals surface area contributed by atoms with Gasteiger partial charge in [-0.15, -0.1) is 5.54 Å². The molecule has 0 aromatic heterocycles. The van der Waals surface area contributed by atoms with E-state index in [4.69, 9.17) is 16.3 Å². The van der Waals surface area contributed by atoms with Crippen molar-refractivity contribution in [1.82, 2.24) is 0 Å². The Bertz CT molecular complexity index is 705. The molecule has 0 unspecified atom stereocenters. The number of benzene rings is 2. The highest BCUT2D eigenvalue weighted by atomic mass is 35.5. The van der Waals surface area contributed by atoms with Gasteiger partial charge in [-0.25, -0.2) is 0 Å². The molecule has 0 saturated carbocycles. The molecule has 0 aliphatic rings. The second-order valence-corrected chi connectivity index (χ2v) is 11.1. The monoisotopic (exact) mass is 314 g/mol. The molecule has 0 atom stereocenters. The second kappa shape index (κ2) is 6.38. The first-order valence-electron chi connectivity index (χ1n) is 6.87. The molecule has 0 spiro atoms. The van der Waals surface area contributed by atoms with E-state index in [1.807, 2.05) is 42.5 Å². The summed E-state index contributed by atoms with van der Waals surface area (Å²) in [7, 11) is 0.244. The van der Waals surface area contributed by atoms with Crippen LogP contribution in [0.3, 0.4) is 0 Å². The molecular formula is C18H19ClOSi. The smallest absolute Gasteiger partial charge is 0.129 e. The third-order valence-electron chi connectivity index (χ3n) is 2.95. The fraction of sp³-hybridized carbons (Fsp3) is 0.222. The van der Waals surface area contributed by atoms with Gasteiger partial charge in [-0.05, 0) is 18.2 Å². The molecule has 2 aromatic carbocycles. The largest absolute Gasteiger partial charge is 0.496 e. The summed E-state index contributed by atoms with van der Waals surface area (Å²) in [6.07, 6.45) is 0. The Hall–Kier alpha value is -1.69. The van der Waals surface area contributed by atoms with Gasteiger partial charge in [0.1, 0.15) is 13.8 Å². The van der Waals surface area contributed by atoms with E-state index in [0.717, 1.165) is 22.4 Å². The number of methoxy groups -OCH3 is 1. The Balaban J connectivity index is 2.61. The summed E-state index contributed by atoms with van der Waals surface area (Å²) < 4.78 is 5.46. The van der Waals surface area contributed by atoms with Crippen molar-refractivity contribution >= 4 is 19.7 Å². The van der Waals surface area contributed by atoms with E-state index in [2.05, 4.69) is 31.1 Å². The molecule has 3 heteroatoms. The van der Waals surface area contributed by atoms with Crippen LogP contribution in [0.2, 0.25) is 24.7 Å². The average molecular weight is 315 g/mol. The number of ether oxygens (including phenoxy) is 1. The number of hydrogen-bond donors (Lipinski definition) is 0. The quantitative estimate of drug-likeness (QED) is 0.544. The third kappa shape index (κ3) is 4.14. The number of halogens is 1. The summed E-state index contributed by atoms with van der Waals surface area (Å²) in [6.45, 7) is 6.69. The second-order valence-electron chi connectivity index (χ2n) is 5.89. The summed E-state index contributed by atoms with van der Waals surface area (Å²) in [4.78, 5) is 0. The van der Waals surface area contributed by atoms with Gasteiger partial charge in [-0.1, -0.05) is 61.4 Å². The molecule has 0 bridgehead atoms. The van der Waals surface area contributed by atoms with Gasteiger partial charge in [0.15, 0.2) is 0 Å². The number of hydrogen-bond acceptors (Lipinski definition) is 1. The van der Waals surface area contributed by atoms with Crippen LogP contribution in [0.25, 0.3) is 11.1 Å². The van der Waals surface area contributed by atoms with Crippen LogP contribution < -0.4 is 4.74 Å². The van der Waals surface area contributed by atoms with Gasteiger partial charge in [0.05, 0.1) is 7.11 Å². The highest BCUT2D eigenvalue weighted by molar-refractivity contribution is 6.83. The zero-order chi connectivity index (χ0) is 15.5. The molecule has 0 N–H and O–H groups in total. The van der Waals surface area contributed by atoms with Crippen molar-refractivity contribution in [2.24, 2.45) is 0 Å². The predicted octanol–water partition coefficient (Wildman–Crippen LogP) is 5.24. The van der Waals surface area contributed by atoms with Crippen molar-refractivity contribution in [3.05, 3.63) is 53.1 Å². The number of para-hydroxylation sites is 1. The number of rotatable bonds is 2. The van der Waals surface area contributed by atoms with E-state index >= 15 is 0 Å². The maximum atomic E-state index is 6.14. The Morgan fingerprint density at radius 3 is 2.38 bits per heavy atom. The van der Waals surface area contributed by atoms with E-state index in [-0.39, 0.29) is 0 Å². The lowest BCUT2D eigenvalue weighted by Crippen LogP contribution is -2.16. The van der Waals surface area contributed by atoms with Gasteiger partial charge in [0.25, 0.3) is 0 Å². The first-order valence-corrected chi connectivity index (χ1v) is 10.7. The van der Waals surface area contributed by atoms with Gasteiger partial charge in [0, 0.05) is 21.7 Å². The molecule has 0 amide bonds. The summed E-state index contributed by atoms with van der Waals surface area (Å²) in [5.74, 6) is 4.16. The third-order valence-corrected chi connectivity index (χ3v) is 4.06. The van der Waals surface area contributed by atoms with E-state index < -0.39 is 8.07 Å². The maximum absolute atomic E-state index is 6.14. The van der Waals surface area contributed by atoms with Crippen LogP contribution in [-0.4, -0.2) is 15.2 Å². The molecule has 0 heterocycles. The highest BCUT2D eigenvalue weighted by Gasteiger charge is 2.11. The molecule has 2 rings (SSSR count). The summed E-state index contributed by atoms with van der Waals surface area (Å²) >= 11 is 6.14. The van der Waals surface area contributed by atoms with E-state index in [0.29, 0.717) is 5.02 Å². The van der Waals surface area contributed by atoms with Crippen molar-refractivity contribution in [1.29, 1.82) is 0 Å². The predicted molar refractivity (Wildman–Crippen MR) is 93.7 cm³/mol. The van der Waals surface area contributed by atoms with Crippen LogP contribution in [-0.2, 0) is 0 Å². The summed E-state index contributed by atoms with van der Waals surface area (Å²) in [5.41, 5.74) is 6.45. The molecule has 0 aliphatic carbocycles. The minimum Gasteiger partial charge on any atom is -0.496 e. The van der Waals surface area contributed by atoms with E-state index in [9.17, 15) is 0 Å². The van der Waals surface area contributed by atoms with Crippen LogP contribution >= 0.6 is 11.6 Å². The minimum absolute atomic E-state index is 0.702. The molecule has 1 nitrogen and oxygen atoms in total. The lowest BCUT2D eigenvalue weighted by atomic mass is 9.99. The summed E-state index contributed by atoms with van der Waals surface area (Å²) in [5, 5.41) is 0.702. The first-order chi connectivity index (χ1) is 9.90. The fourth-order valence-corrected chi connectivity index (χ4v) is 2.66. The Labute approximate surface area is 132 Å². The van der Waals surface area contributed by atoms with Crippen LogP contribution in [0, 0.1) is 11.5 Å². The van der Waals surface area contributed by atoms with Crippen molar-refractivity contribution in [3.8, 4) is 28.3 Å². The first kappa shape index (κ1) is 15.7. The van der Waals surface area contributed by atoms with Crippen LogP contribution in [0.1, 0.15) is 5.56 Å². The SMILES string of the molecule is COc1ccccc1-c1ccc(Cl)cc1C#C[Si](C)(C)C. The van der Waals surface area contributed by atoms with Crippen molar-refractivity contribution < 1.29 is 4.74 Å². The molecule has 0 saturated heterocycles. The van der Waals surface area contributed by atoms with E-state index in [1.165, 1.54) is 0 Å². The fourth-order valence-electron chi connectivity index (χ4n) is 1.98. The van der Waals surface area contributed by atoms with Gasteiger partial charge in [-0.3, -0.25) is 0 Å². The molecular weight excluding hydrogens is 296 g/mol. The summed E-state index contributed by atoms with van der Waals surface area (Å²) in [6, 6.07) is 13.8. The van der Waals surface area contributed by atoms with Gasteiger partial charge in [-0.2, -0.15) is 0 Å². The average Bonchev–Trinajstić information content (AvgIpc) is 2.44. The topological polar surface area (TPSA) is 9.23 Å². The molecule has 21 heavy (non-hydrogen) atoms. The molecule has 0 radical (unpaired) electrons. The van der Waals surface area contributed by atoms with Gasteiger partial charge in [0.2, 0.25) is 0 Å². The standard InChI is InChI=1S/C18H19ClOSi/c1-20-18-8-6-5-7-17(18)16-10-9-15(19)13-14(16)11-12-21(2,3)4/h5-10,13H,1-4H3. The molecule has 2 aromatic rings. The normalized spacial score (nSPS) is 10.7. The molecule has 0 fully saturated rings. The van der Waals surface area contributed by atoms with Gasteiger partial charge >= 0.3 is 0 Å². The van der Waals surface area contributed by atoms with Crippen LogP contribution in [0.5, 0.6) is 5.75 Å². The lowest BCUT2D eigenvalue weighted by molar-refractivity contribution is 0.416. The van der Waals surface area contributed by atoms with Crippen molar-refractivity contribution in [2.75, 3.05) is 7.11 Å².